The predicted octanol–water partition coefficient (Wildman–Crippen LogP) is 1.17. The van der Waals surface area contributed by atoms with Crippen molar-refractivity contribution in [3.63, 3.8) is 0 Å². The predicted molar refractivity (Wildman–Crippen MR) is 75.6 cm³/mol. The largest absolute Gasteiger partial charge is 0.465 e. The lowest BCUT2D eigenvalue weighted by atomic mass is 10.0. The van der Waals surface area contributed by atoms with Crippen LogP contribution in [0.1, 0.15) is 23.5 Å². The summed E-state index contributed by atoms with van der Waals surface area (Å²) in [5.41, 5.74) is 5.39. The Balaban J connectivity index is 2.86. The van der Waals surface area contributed by atoms with Crippen molar-refractivity contribution in [2.24, 2.45) is 11.7 Å². The van der Waals surface area contributed by atoms with E-state index in [2.05, 4.69) is 15.4 Å². The molecule has 20 heavy (non-hydrogen) atoms. The highest BCUT2D eigenvalue weighted by Gasteiger charge is 2.25. The van der Waals surface area contributed by atoms with Gasteiger partial charge in [-0.15, -0.1) is 11.3 Å². The first kappa shape index (κ1) is 16.0. The van der Waals surface area contributed by atoms with Gasteiger partial charge < -0.3 is 21.1 Å². The van der Waals surface area contributed by atoms with Crippen molar-refractivity contribution in [1.82, 2.24) is 5.32 Å². The number of carbonyl (C=O) groups excluding carboxylic acids is 3. The van der Waals surface area contributed by atoms with Crippen LogP contribution >= 0.6 is 11.3 Å². The second-order valence-electron chi connectivity index (χ2n) is 4.37. The third-order valence-electron chi connectivity index (χ3n) is 2.54. The number of hydrogen-bond donors (Lipinski definition) is 3. The molecule has 0 radical (unpaired) electrons. The van der Waals surface area contributed by atoms with Crippen LogP contribution in [0, 0.1) is 5.92 Å². The van der Waals surface area contributed by atoms with Gasteiger partial charge in [-0.25, -0.2) is 9.59 Å². The fourth-order valence-corrected chi connectivity index (χ4v) is 2.32. The number of esters is 1. The summed E-state index contributed by atoms with van der Waals surface area (Å²) in [4.78, 5) is 34.8. The molecule has 0 aromatic carbocycles. The third kappa shape index (κ3) is 3.95. The number of urea groups is 1. The molecule has 0 fully saturated rings. The van der Waals surface area contributed by atoms with Gasteiger partial charge in [0.15, 0.2) is 0 Å². The fraction of sp³-hybridized carbons (Fsp3) is 0.417. The Bertz CT molecular complexity index is 513. The van der Waals surface area contributed by atoms with E-state index in [4.69, 9.17) is 5.73 Å². The maximum absolute atomic E-state index is 12.1. The molecule has 1 heterocycles. The molecule has 1 unspecified atom stereocenters. The Hall–Kier alpha value is -2.09. The molecule has 8 heteroatoms. The van der Waals surface area contributed by atoms with Crippen molar-refractivity contribution in [2.75, 3.05) is 12.4 Å². The number of nitrogens with two attached hydrogens (primary N) is 1. The lowest BCUT2D eigenvalue weighted by Gasteiger charge is -2.20. The fourth-order valence-electron chi connectivity index (χ4n) is 1.56. The van der Waals surface area contributed by atoms with Crippen LogP contribution in [-0.2, 0) is 9.53 Å². The molecule has 0 spiro atoms. The molecule has 0 bridgehead atoms. The molecule has 4 N–H and O–H groups in total. The Labute approximate surface area is 120 Å². The third-order valence-corrected chi connectivity index (χ3v) is 3.44. The number of thiophene rings is 1. The van der Waals surface area contributed by atoms with Crippen LogP contribution in [0.3, 0.4) is 0 Å². The number of hydrogen-bond acceptors (Lipinski definition) is 5. The number of methoxy groups -OCH3 is 1. The smallest absolute Gasteiger partial charge is 0.350 e. The highest BCUT2D eigenvalue weighted by Crippen LogP contribution is 2.23. The number of ether oxygens (including phenoxy) is 1. The summed E-state index contributed by atoms with van der Waals surface area (Å²) in [5.74, 6) is -1.12. The molecule has 0 saturated carbocycles. The van der Waals surface area contributed by atoms with Crippen LogP contribution in [0.25, 0.3) is 0 Å². The van der Waals surface area contributed by atoms with E-state index in [1.165, 1.54) is 7.11 Å². The van der Waals surface area contributed by atoms with Crippen molar-refractivity contribution in [3.05, 3.63) is 16.3 Å². The normalized spacial score (nSPS) is 11.8. The van der Waals surface area contributed by atoms with Gasteiger partial charge in [0, 0.05) is 0 Å². The van der Waals surface area contributed by atoms with Gasteiger partial charge in [0.05, 0.1) is 12.8 Å². The first-order valence-corrected chi connectivity index (χ1v) is 6.77. The highest BCUT2D eigenvalue weighted by atomic mass is 32.1. The van der Waals surface area contributed by atoms with Crippen LogP contribution in [0.2, 0.25) is 0 Å². The molecule has 1 atom stereocenters. The van der Waals surface area contributed by atoms with Gasteiger partial charge in [-0.05, 0) is 17.4 Å². The van der Waals surface area contributed by atoms with Gasteiger partial charge in [-0.3, -0.25) is 4.79 Å². The molecule has 3 amide bonds. The first-order valence-electron chi connectivity index (χ1n) is 5.89. The molecule has 110 valence electrons. The first-order chi connectivity index (χ1) is 9.36. The molecular weight excluding hydrogens is 282 g/mol. The van der Waals surface area contributed by atoms with Crippen molar-refractivity contribution in [2.45, 2.75) is 19.9 Å². The SMILES string of the molecule is COC(=O)c1sccc1NC(=O)C(NC(N)=O)C(C)C. The number of anilines is 1. The Kier molecular flexibility index (Phi) is 5.51. The van der Waals surface area contributed by atoms with Gasteiger partial charge in [0.1, 0.15) is 10.9 Å². The van der Waals surface area contributed by atoms with Crippen LogP contribution in [0.4, 0.5) is 10.5 Å². The zero-order valence-electron chi connectivity index (χ0n) is 11.4. The van der Waals surface area contributed by atoms with E-state index in [1.54, 1.807) is 25.3 Å². The average molecular weight is 299 g/mol. The summed E-state index contributed by atoms with van der Waals surface area (Å²) >= 11 is 1.16. The molecule has 1 rings (SSSR count). The lowest BCUT2D eigenvalue weighted by Crippen LogP contribution is -2.49. The molecule has 1 aromatic rings. The zero-order valence-corrected chi connectivity index (χ0v) is 12.2. The number of nitrogens with one attached hydrogen (secondary N) is 2. The summed E-state index contributed by atoms with van der Waals surface area (Å²) in [5, 5.41) is 6.62. The zero-order chi connectivity index (χ0) is 15.3. The van der Waals surface area contributed by atoms with Gasteiger partial charge in [-0.2, -0.15) is 0 Å². The molecule has 0 aliphatic heterocycles. The quantitative estimate of drug-likeness (QED) is 0.708. The van der Waals surface area contributed by atoms with Gasteiger partial charge in [0.25, 0.3) is 0 Å². The lowest BCUT2D eigenvalue weighted by molar-refractivity contribution is -0.118. The summed E-state index contributed by atoms with van der Waals surface area (Å²) in [6.07, 6.45) is 0. The topological polar surface area (TPSA) is 111 Å². The second kappa shape index (κ2) is 6.90. The minimum atomic E-state index is -0.780. The molecule has 0 aliphatic rings. The summed E-state index contributed by atoms with van der Waals surface area (Å²) in [6.45, 7) is 3.55. The van der Waals surface area contributed by atoms with Crippen molar-refractivity contribution in [1.29, 1.82) is 0 Å². The minimum Gasteiger partial charge on any atom is -0.465 e. The standard InChI is InChI=1S/C12H17N3O4S/c1-6(2)8(15-12(13)18)10(16)14-7-4-5-20-9(7)11(17)19-3/h4-6,8H,1-3H3,(H,14,16)(H3,13,15,18). The van der Waals surface area contributed by atoms with Gasteiger partial charge >= 0.3 is 12.0 Å². The average Bonchev–Trinajstić information content (AvgIpc) is 2.82. The number of primary amides is 1. The summed E-state index contributed by atoms with van der Waals surface area (Å²) in [7, 11) is 1.26. The summed E-state index contributed by atoms with van der Waals surface area (Å²) in [6, 6.07) is 0.0338. The number of rotatable bonds is 5. The van der Waals surface area contributed by atoms with Crippen LogP contribution < -0.4 is 16.4 Å². The molecule has 1 aromatic heterocycles. The van der Waals surface area contributed by atoms with Gasteiger partial charge in [-0.1, -0.05) is 13.8 Å². The van der Waals surface area contributed by atoms with Gasteiger partial charge in [0.2, 0.25) is 5.91 Å². The van der Waals surface area contributed by atoms with Crippen molar-refractivity contribution >= 4 is 34.9 Å². The van der Waals surface area contributed by atoms with Crippen LogP contribution in [-0.4, -0.2) is 31.1 Å². The Morgan fingerprint density at radius 2 is 2.00 bits per heavy atom. The maximum Gasteiger partial charge on any atom is 0.350 e. The van der Waals surface area contributed by atoms with E-state index in [-0.39, 0.29) is 5.92 Å². The van der Waals surface area contributed by atoms with Crippen LogP contribution in [0.15, 0.2) is 11.4 Å². The molecule has 0 aliphatic carbocycles. The monoisotopic (exact) mass is 299 g/mol. The Morgan fingerprint density at radius 3 is 2.50 bits per heavy atom. The van der Waals surface area contributed by atoms with E-state index in [1.807, 2.05) is 0 Å². The van der Waals surface area contributed by atoms with E-state index in [9.17, 15) is 14.4 Å². The van der Waals surface area contributed by atoms with E-state index < -0.39 is 23.9 Å². The maximum atomic E-state index is 12.1. The van der Waals surface area contributed by atoms with Crippen molar-refractivity contribution < 1.29 is 19.1 Å². The molecular formula is C12H17N3O4S. The number of carbonyl (C=O) groups is 3. The molecule has 0 saturated heterocycles. The van der Waals surface area contributed by atoms with Crippen molar-refractivity contribution in [3.8, 4) is 0 Å². The van der Waals surface area contributed by atoms with E-state index >= 15 is 0 Å². The Morgan fingerprint density at radius 1 is 1.35 bits per heavy atom. The second-order valence-corrected chi connectivity index (χ2v) is 5.29. The van der Waals surface area contributed by atoms with E-state index in [0.29, 0.717) is 10.6 Å². The van der Waals surface area contributed by atoms with Crippen LogP contribution in [0.5, 0.6) is 0 Å². The van der Waals surface area contributed by atoms with E-state index in [0.717, 1.165) is 11.3 Å². The minimum absolute atomic E-state index is 0.150. The summed E-state index contributed by atoms with van der Waals surface area (Å²) < 4.78 is 4.62. The number of amides is 3. The highest BCUT2D eigenvalue weighted by molar-refractivity contribution is 7.12. The molecule has 7 nitrogen and oxygen atoms in total.